The summed E-state index contributed by atoms with van der Waals surface area (Å²) in [5.74, 6) is -1.42. The predicted molar refractivity (Wildman–Crippen MR) is 61.9 cm³/mol. The molecule has 1 atom stereocenters. The monoisotopic (exact) mass is 307 g/mol. The molecule has 1 aromatic rings. The zero-order valence-electron chi connectivity index (χ0n) is 8.69. The minimum Gasteiger partial charge on any atom is -0.459 e. The molecule has 7 heteroatoms. The maximum atomic E-state index is 13.0. The fourth-order valence-electron chi connectivity index (χ4n) is 1.02. The predicted octanol–water partition coefficient (Wildman–Crippen LogP) is 0.680. The average Bonchev–Trinajstić information content (AvgIpc) is 2.30. The molecule has 0 heterocycles. The molecule has 0 aliphatic rings. The van der Waals surface area contributed by atoms with E-state index in [-0.39, 0.29) is 22.3 Å². The van der Waals surface area contributed by atoms with Crippen LogP contribution in [0.2, 0.25) is 0 Å². The number of anilines is 1. The molecule has 0 bridgehead atoms. The van der Waals surface area contributed by atoms with Gasteiger partial charge in [0.05, 0.1) is 17.9 Å². The molecule has 0 amide bonds. The number of hydrogen-bond donors (Lipinski definition) is 3. The van der Waals surface area contributed by atoms with Gasteiger partial charge in [0.1, 0.15) is 18.5 Å². The van der Waals surface area contributed by atoms with Crippen LogP contribution in [0.3, 0.4) is 0 Å². The Kier molecular flexibility index (Phi) is 4.86. The molecule has 4 N–H and O–H groups in total. The third-order valence-electron chi connectivity index (χ3n) is 1.92. The number of ether oxygens (including phenoxy) is 1. The zero-order chi connectivity index (χ0) is 13.0. The van der Waals surface area contributed by atoms with Crippen molar-refractivity contribution in [3.63, 3.8) is 0 Å². The van der Waals surface area contributed by atoms with E-state index in [2.05, 4.69) is 15.9 Å². The lowest BCUT2D eigenvalue weighted by atomic mass is 10.2. The number of esters is 1. The molecule has 94 valence electrons. The first kappa shape index (κ1) is 13.9. The Labute approximate surface area is 105 Å². The van der Waals surface area contributed by atoms with E-state index in [1.54, 1.807) is 0 Å². The summed E-state index contributed by atoms with van der Waals surface area (Å²) in [7, 11) is 0. The smallest absolute Gasteiger partial charge is 0.339 e. The van der Waals surface area contributed by atoms with Gasteiger partial charge in [-0.2, -0.15) is 0 Å². The minimum atomic E-state index is -1.14. The van der Waals surface area contributed by atoms with E-state index in [9.17, 15) is 9.18 Å². The quantitative estimate of drug-likeness (QED) is 0.562. The second-order valence-corrected chi connectivity index (χ2v) is 4.14. The first-order chi connectivity index (χ1) is 7.95. The molecular weight excluding hydrogens is 297 g/mol. The molecule has 0 saturated heterocycles. The van der Waals surface area contributed by atoms with Gasteiger partial charge >= 0.3 is 5.97 Å². The number of nitrogen functional groups attached to an aromatic ring is 1. The van der Waals surface area contributed by atoms with Crippen LogP contribution >= 0.6 is 15.9 Å². The van der Waals surface area contributed by atoms with Crippen LogP contribution in [0.15, 0.2) is 16.6 Å². The SMILES string of the molecule is Nc1cc(C(=O)OCC(O)CO)c(Br)cc1F. The lowest BCUT2D eigenvalue weighted by Crippen LogP contribution is -2.22. The van der Waals surface area contributed by atoms with Crippen molar-refractivity contribution in [2.24, 2.45) is 0 Å². The number of rotatable bonds is 4. The van der Waals surface area contributed by atoms with Crippen molar-refractivity contribution < 1.29 is 24.1 Å². The number of carbonyl (C=O) groups is 1. The van der Waals surface area contributed by atoms with E-state index >= 15 is 0 Å². The normalized spacial score (nSPS) is 12.2. The number of hydrogen-bond acceptors (Lipinski definition) is 5. The van der Waals surface area contributed by atoms with Gasteiger partial charge in [0.15, 0.2) is 0 Å². The Morgan fingerprint density at radius 2 is 2.24 bits per heavy atom. The van der Waals surface area contributed by atoms with Crippen molar-refractivity contribution in [3.05, 3.63) is 28.0 Å². The standard InChI is InChI=1S/C10H11BrFNO4/c11-7-2-8(12)9(13)1-6(7)10(16)17-4-5(15)3-14/h1-2,5,14-15H,3-4,13H2. The molecule has 1 rings (SSSR count). The number of benzene rings is 1. The van der Waals surface area contributed by atoms with E-state index in [0.717, 1.165) is 12.1 Å². The largest absolute Gasteiger partial charge is 0.459 e. The molecule has 5 nitrogen and oxygen atoms in total. The second-order valence-electron chi connectivity index (χ2n) is 3.29. The number of aliphatic hydroxyl groups excluding tert-OH is 2. The Balaban J connectivity index is 2.79. The van der Waals surface area contributed by atoms with Gasteiger partial charge in [0, 0.05) is 4.47 Å². The highest BCUT2D eigenvalue weighted by Crippen LogP contribution is 2.23. The van der Waals surface area contributed by atoms with E-state index < -0.39 is 24.5 Å². The highest BCUT2D eigenvalue weighted by Gasteiger charge is 2.16. The molecule has 0 aliphatic carbocycles. The van der Waals surface area contributed by atoms with Crippen molar-refractivity contribution in [1.82, 2.24) is 0 Å². The molecule has 0 saturated carbocycles. The van der Waals surface area contributed by atoms with Gasteiger partial charge in [-0.05, 0) is 28.1 Å². The molecular formula is C10H11BrFNO4. The summed E-state index contributed by atoms with van der Waals surface area (Å²) in [6.45, 7) is -0.862. The van der Waals surface area contributed by atoms with E-state index in [1.807, 2.05) is 0 Å². The summed E-state index contributed by atoms with van der Waals surface area (Å²) in [5.41, 5.74) is 5.19. The molecule has 0 radical (unpaired) electrons. The van der Waals surface area contributed by atoms with Gasteiger partial charge in [-0.1, -0.05) is 0 Å². The van der Waals surface area contributed by atoms with Gasteiger partial charge < -0.3 is 20.7 Å². The average molecular weight is 308 g/mol. The van der Waals surface area contributed by atoms with E-state index in [0.29, 0.717) is 0 Å². The number of aliphatic hydroxyl groups is 2. The summed E-state index contributed by atoms with van der Waals surface area (Å²) in [5, 5.41) is 17.5. The Bertz CT molecular complexity index is 427. The first-order valence-corrected chi connectivity index (χ1v) is 5.45. The summed E-state index contributed by atoms with van der Waals surface area (Å²) < 4.78 is 17.9. The van der Waals surface area contributed by atoms with Crippen LogP contribution in [0.25, 0.3) is 0 Å². The number of carbonyl (C=O) groups excluding carboxylic acids is 1. The van der Waals surface area contributed by atoms with Crippen LogP contribution in [0, 0.1) is 5.82 Å². The molecule has 1 aromatic carbocycles. The summed E-state index contributed by atoms with van der Waals surface area (Å²) in [6, 6.07) is 2.18. The van der Waals surface area contributed by atoms with Crippen LogP contribution in [-0.4, -0.2) is 35.5 Å². The Hall–Kier alpha value is -1.18. The van der Waals surface area contributed by atoms with Crippen molar-refractivity contribution in [3.8, 4) is 0 Å². The first-order valence-electron chi connectivity index (χ1n) is 4.66. The fourth-order valence-corrected chi connectivity index (χ4v) is 1.50. The molecule has 0 fully saturated rings. The van der Waals surface area contributed by atoms with Gasteiger partial charge in [0.25, 0.3) is 0 Å². The maximum Gasteiger partial charge on any atom is 0.339 e. The zero-order valence-corrected chi connectivity index (χ0v) is 10.3. The van der Waals surface area contributed by atoms with Crippen molar-refractivity contribution >= 4 is 27.6 Å². The van der Waals surface area contributed by atoms with Gasteiger partial charge in [0.2, 0.25) is 0 Å². The van der Waals surface area contributed by atoms with Gasteiger partial charge in [-0.3, -0.25) is 0 Å². The van der Waals surface area contributed by atoms with Crippen LogP contribution < -0.4 is 5.73 Å². The third kappa shape index (κ3) is 3.65. The van der Waals surface area contributed by atoms with Crippen LogP contribution in [0.5, 0.6) is 0 Å². The lowest BCUT2D eigenvalue weighted by molar-refractivity contribution is 0.00926. The minimum absolute atomic E-state index is 0.0500. The van der Waals surface area contributed by atoms with Gasteiger partial charge in [-0.15, -0.1) is 0 Å². The van der Waals surface area contributed by atoms with Crippen LogP contribution in [-0.2, 0) is 4.74 Å². The molecule has 1 unspecified atom stereocenters. The highest BCUT2D eigenvalue weighted by molar-refractivity contribution is 9.10. The topological polar surface area (TPSA) is 92.8 Å². The summed E-state index contributed by atoms with van der Waals surface area (Å²) >= 11 is 3.00. The highest BCUT2D eigenvalue weighted by atomic mass is 79.9. The maximum absolute atomic E-state index is 13.0. The van der Waals surface area contributed by atoms with Crippen molar-refractivity contribution in [1.29, 1.82) is 0 Å². The number of halogens is 2. The van der Waals surface area contributed by atoms with Crippen molar-refractivity contribution in [2.45, 2.75) is 6.10 Å². The molecule has 0 aromatic heterocycles. The number of nitrogens with two attached hydrogens (primary N) is 1. The van der Waals surface area contributed by atoms with E-state index in [1.165, 1.54) is 0 Å². The third-order valence-corrected chi connectivity index (χ3v) is 2.58. The van der Waals surface area contributed by atoms with E-state index in [4.69, 9.17) is 20.7 Å². The Morgan fingerprint density at radius 3 is 2.82 bits per heavy atom. The van der Waals surface area contributed by atoms with Gasteiger partial charge in [-0.25, -0.2) is 9.18 Å². The van der Waals surface area contributed by atoms with Crippen molar-refractivity contribution in [2.75, 3.05) is 18.9 Å². The molecule has 0 spiro atoms. The Morgan fingerprint density at radius 1 is 1.59 bits per heavy atom. The summed E-state index contributed by atoms with van der Waals surface area (Å²) in [6.07, 6.45) is -1.14. The van der Waals surface area contributed by atoms with Crippen LogP contribution in [0.1, 0.15) is 10.4 Å². The summed E-state index contributed by atoms with van der Waals surface area (Å²) in [4.78, 5) is 11.5. The fraction of sp³-hybridized carbons (Fsp3) is 0.300. The molecule has 0 aliphatic heterocycles. The lowest BCUT2D eigenvalue weighted by Gasteiger charge is -2.10. The van der Waals surface area contributed by atoms with Crippen LogP contribution in [0.4, 0.5) is 10.1 Å². The second kappa shape index (κ2) is 5.95. The molecule has 17 heavy (non-hydrogen) atoms.